The number of likely N-dealkylation sites (tertiary alicyclic amines) is 1. The number of nitrogens with zero attached hydrogens (tertiary/aromatic N) is 2. The molecular formula is C16H22Cl2N4O. The second kappa shape index (κ2) is 7.51. The number of carbonyl (C=O) groups is 1. The maximum absolute atomic E-state index is 12.0. The van der Waals surface area contributed by atoms with Crippen LogP contribution >= 0.6 is 24.8 Å². The summed E-state index contributed by atoms with van der Waals surface area (Å²) >= 11 is 0. The molecule has 4 rings (SSSR count). The van der Waals surface area contributed by atoms with Crippen molar-refractivity contribution in [3.8, 4) is 0 Å². The van der Waals surface area contributed by atoms with Crippen molar-refractivity contribution in [2.45, 2.75) is 37.8 Å². The first-order chi connectivity index (χ1) is 10.3. The topological polar surface area (TPSA) is 61.0 Å². The number of H-pyrrole nitrogens is 1. The molecule has 2 aliphatic heterocycles. The van der Waals surface area contributed by atoms with Gasteiger partial charge in [-0.3, -0.25) is 4.79 Å². The number of aromatic nitrogens is 2. The maximum atomic E-state index is 12.0. The average molecular weight is 357 g/mol. The molecule has 0 spiro atoms. The van der Waals surface area contributed by atoms with Gasteiger partial charge in [-0.15, -0.1) is 24.8 Å². The van der Waals surface area contributed by atoms with Crippen LogP contribution in [0.2, 0.25) is 0 Å². The molecule has 2 fully saturated rings. The molecule has 2 N–H and O–H groups in total. The molecule has 1 amide bonds. The predicted octanol–water partition coefficient (Wildman–Crippen LogP) is 2.30. The van der Waals surface area contributed by atoms with Crippen LogP contribution < -0.4 is 5.32 Å². The summed E-state index contributed by atoms with van der Waals surface area (Å²) in [5, 5.41) is 3.42. The number of carbonyl (C=O) groups excluding carboxylic acids is 1. The highest BCUT2D eigenvalue weighted by molar-refractivity contribution is 5.85. The van der Waals surface area contributed by atoms with Crippen molar-refractivity contribution < 1.29 is 4.79 Å². The molecule has 5 nitrogen and oxygen atoms in total. The van der Waals surface area contributed by atoms with Crippen molar-refractivity contribution in [1.29, 1.82) is 0 Å². The van der Waals surface area contributed by atoms with Crippen LogP contribution in [0.5, 0.6) is 0 Å². The van der Waals surface area contributed by atoms with Crippen molar-refractivity contribution in [3.63, 3.8) is 0 Å². The third-order valence-electron chi connectivity index (χ3n) is 4.68. The largest absolute Gasteiger partial charge is 0.342 e. The first-order valence-corrected chi connectivity index (χ1v) is 7.78. The second-order valence-electron chi connectivity index (χ2n) is 6.01. The minimum atomic E-state index is 0. The molecule has 126 valence electrons. The SMILES string of the molecule is Cl.Cl.O=C1C[C@H]2NCC[C@H]2N1CCCc1nc2ccccc2[nH]1. The Bertz CT molecular complexity index is 642. The molecule has 0 saturated carbocycles. The number of fused-ring (bicyclic) bond motifs is 2. The Morgan fingerprint density at radius 2 is 2.09 bits per heavy atom. The van der Waals surface area contributed by atoms with Gasteiger partial charge < -0.3 is 15.2 Å². The van der Waals surface area contributed by atoms with Gasteiger partial charge in [0.1, 0.15) is 5.82 Å². The summed E-state index contributed by atoms with van der Waals surface area (Å²) in [6.45, 7) is 1.89. The fraction of sp³-hybridized carbons (Fsp3) is 0.500. The number of rotatable bonds is 4. The molecule has 23 heavy (non-hydrogen) atoms. The number of hydrogen-bond donors (Lipinski definition) is 2. The fourth-order valence-corrected chi connectivity index (χ4v) is 3.66. The Balaban J connectivity index is 0.000000960. The van der Waals surface area contributed by atoms with Crippen molar-refractivity contribution in [2.75, 3.05) is 13.1 Å². The second-order valence-corrected chi connectivity index (χ2v) is 6.01. The van der Waals surface area contributed by atoms with Crippen LogP contribution in [0.25, 0.3) is 11.0 Å². The number of benzene rings is 1. The van der Waals surface area contributed by atoms with Crippen LogP contribution in [-0.4, -0.2) is 45.9 Å². The zero-order chi connectivity index (χ0) is 14.2. The lowest BCUT2D eigenvalue weighted by molar-refractivity contribution is -0.129. The molecule has 0 unspecified atom stereocenters. The van der Waals surface area contributed by atoms with Gasteiger partial charge in [0, 0.05) is 31.5 Å². The van der Waals surface area contributed by atoms with E-state index in [1.54, 1.807) is 0 Å². The van der Waals surface area contributed by atoms with Crippen LogP contribution in [0.1, 0.15) is 25.1 Å². The van der Waals surface area contributed by atoms with E-state index in [1.807, 2.05) is 24.3 Å². The number of hydrogen-bond acceptors (Lipinski definition) is 3. The van der Waals surface area contributed by atoms with E-state index in [1.165, 1.54) is 0 Å². The van der Waals surface area contributed by atoms with Crippen LogP contribution in [0.4, 0.5) is 0 Å². The van der Waals surface area contributed by atoms with Gasteiger partial charge in [-0.1, -0.05) is 12.1 Å². The highest BCUT2D eigenvalue weighted by Gasteiger charge is 2.41. The number of nitrogens with one attached hydrogen (secondary N) is 2. The maximum Gasteiger partial charge on any atom is 0.224 e. The standard InChI is InChI=1S/C16H20N4O.2ClH/c21-16-10-13-14(7-8-17-13)20(16)9-3-6-15-18-11-4-1-2-5-12(11)19-15;;/h1-2,4-5,13-14,17H,3,6-10H2,(H,18,19);2*1H/t13-,14-;;/m1../s1. The molecule has 2 aromatic rings. The molecule has 1 aromatic carbocycles. The van der Waals surface area contributed by atoms with Gasteiger partial charge in [-0.05, 0) is 31.5 Å². The van der Waals surface area contributed by atoms with Crippen LogP contribution in [0.15, 0.2) is 24.3 Å². The summed E-state index contributed by atoms with van der Waals surface area (Å²) in [5.41, 5.74) is 2.11. The van der Waals surface area contributed by atoms with Crippen molar-refractivity contribution in [2.24, 2.45) is 0 Å². The summed E-state index contributed by atoms with van der Waals surface area (Å²) in [4.78, 5) is 22.1. The van der Waals surface area contributed by atoms with Crippen LogP contribution in [0.3, 0.4) is 0 Å². The molecule has 2 aliphatic rings. The van der Waals surface area contributed by atoms with E-state index in [9.17, 15) is 4.79 Å². The van der Waals surface area contributed by atoms with E-state index >= 15 is 0 Å². The first-order valence-electron chi connectivity index (χ1n) is 7.78. The third kappa shape index (κ3) is 3.47. The van der Waals surface area contributed by atoms with Crippen LogP contribution in [0, 0.1) is 0 Å². The molecule has 2 saturated heterocycles. The molecule has 7 heteroatoms. The molecule has 2 atom stereocenters. The minimum Gasteiger partial charge on any atom is -0.342 e. The van der Waals surface area contributed by atoms with Crippen LogP contribution in [-0.2, 0) is 11.2 Å². The lowest BCUT2D eigenvalue weighted by atomic mass is 10.1. The lowest BCUT2D eigenvalue weighted by Gasteiger charge is -2.23. The minimum absolute atomic E-state index is 0. The monoisotopic (exact) mass is 356 g/mol. The average Bonchev–Trinajstić information content (AvgIpc) is 3.14. The van der Waals surface area contributed by atoms with Crippen molar-refractivity contribution >= 4 is 41.8 Å². The third-order valence-corrected chi connectivity index (χ3v) is 4.68. The number of para-hydroxylation sites is 2. The van der Waals surface area contributed by atoms with E-state index in [0.29, 0.717) is 24.4 Å². The molecule has 3 heterocycles. The molecule has 0 aliphatic carbocycles. The highest BCUT2D eigenvalue weighted by atomic mass is 35.5. The van der Waals surface area contributed by atoms with Gasteiger partial charge in [-0.2, -0.15) is 0 Å². The number of aryl methyl sites for hydroxylation is 1. The zero-order valence-electron chi connectivity index (χ0n) is 12.8. The van der Waals surface area contributed by atoms with Gasteiger partial charge in [0.25, 0.3) is 0 Å². The Kier molecular flexibility index (Phi) is 5.89. The van der Waals surface area contributed by atoms with E-state index in [0.717, 1.165) is 49.2 Å². The van der Waals surface area contributed by atoms with Crippen molar-refractivity contribution in [1.82, 2.24) is 20.2 Å². The van der Waals surface area contributed by atoms with Gasteiger partial charge in [-0.25, -0.2) is 4.98 Å². The molecule has 0 bridgehead atoms. The van der Waals surface area contributed by atoms with Gasteiger partial charge in [0.05, 0.1) is 11.0 Å². The normalized spacial score (nSPS) is 22.8. The fourth-order valence-electron chi connectivity index (χ4n) is 3.66. The van der Waals surface area contributed by atoms with Gasteiger partial charge in [0.15, 0.2) is 0 Å². The number of amides is 1. The summed E-state index contributed by atoms with van der Waals surface area (Å²) in [7, 11) is 0. The summed E-state index contributed by atoms with van der Waals surface area (Å²) in [6.07, 6.45) is 3.63. The summed E-state index contributed by atoms with van der Waals surface area (Å²) < 4.78 is 0. The molecule has 1 aromatic heterocycles. The summed E-state index contributed by atoms with van der Waals surface area (Å²) in [5.74, 6) is 1.32. The Labute approximate surface area is 148 Å². The number of imidazole rings is 1. The number of halogens is 2. The quantitative estimate of drug-likeness (QED) is 0.883. The van der Waals surface area contributed by atoms with E-state index in [2.05, 4.69) is 20.2 Å². The van der Waals surface area contributed by atoms with Gasteiger partial charge in [0.2, 0.25) is 5.91 Å². The smallest absolute Gasteiger partial charge is 0.224 e. The lowest BCUT2D eigenvalue weighted by Crippen LogP contribution is -2.36. The van der Waals surface area contributed by atoms with Gasteiger partial charge >= 0.3 is 0 Å². The predicted molar refractivity (Wildman–Crippen MR) is 95.4 cm³/mol. The Morgan fingerprint density at radius 3 is 2.91 bits per heavy atom. The Morgan fingerprint density at radius 1 is 1.26 bits per heavy atom. The highest BCUT2D eigenvalue weighted by Crippen LogP contribution is 2.26. The Hall–Kier alpha value is -1.30. The molecule has 0 radical (unpaired) electrons. The van der Waals surface area contributed by atoms with E-state index in [4.69, 9.17) is 0 Å². The molecular weight excluding hydrogens is 335 g/mol. The van der Waals surface area contributed by atoms with E-state index in [-0.39, 0.29) is 24.8 Å². The van der Waals surface area contributed by atoms with Crippen molar-refractivity contribution in [3.05, 3.63) is 30.1 Å². The van der Waals surface area contributed by atoms with E-state index < -0.39 is 0 Å². The summed E-state index contributed by atoms with van der Waals surface area (Å²) in [6, 6.07) is 8.90. The first kappa shape index (κ1) is 18.0. The number of aromatic amines is 1. The zero-order valence-corrected chi connectivity index (χ0v) is 14.5.